The SMILES string of the molecule is CN(CCOc1ccc([N+](=O)[O-])cn1)C(=O)OC(C)(C)C.CN(CCOc1ccc2nc(N)sc2n1)C(=O)OC(C)(C)C.O=[N+]([O-])c1ccc(Cl)nc1. The lowest BCUT2D eigenvalue weighted by atomic mass is 10.2. The molecule has 0 spiro atoms. The fraction of sp³-hybridized carbons (Fsp3) is 0.438. The Morgan fingerprint density at radius 3 is 1.68 bits per heavy atom. The van der Waals surface area contributed by atoms with Crippen molar-refractivity contribution in [2.75, 3.05) is 46.1 Å². The molecule has 0 unspecified atom stereocenters. The van der Waals surface area contributed by atoms with E-state index in [1.807, 2.05) is 26.8 Å². The number of rotatable bonds is 10. The normalized spacial score (nSPS) is 10.8. The van der Waals surface area contributed by atoms with E-state index in [1.165, 1.54) is 45.4 Å². The predicted molar refractivity (Wildman–Crippen MR) is 197 cm³/mol. The molecule has 0 fully saturated rings. The van der Waals surface area contributed by atoms with E-state index < -0.39 is 27.1 Å². The first-order chi connectivity index (χ1) is 24.6. The number of likely N-dealkylation sites (N-methyl/N-ethyl adjacent to an activating group) is 2. The number of halogens is 1. The van der Waals surface area contributed by atoms with E-state index in [2.05, 4.69) is 19.9 Å². The second-order valence-electron chi connectivity index (χ2n) is 12.7. The number of anilines is 1. The first kappa shape index (κ1) is 43.5. The van der Waals surface area contributed by atoms with Crippen LogP contribution in [0.5, 0.6) is 11.8 Å². The molecule has 0 atom stereocenters. The number of pyridine rings is 3. The lowest BCUT2D eigenvalue weighted by Crippen LogP contribution is -2.36. The Bertz CT molecular complexity index is 1820. The number of fused-ring (bicyclic) bond motifs is 1. The second-order valence-corrected chi connectivity index (χ2v) is 14.1. The highest BCUT2D eigenvalue weighted by molar-refractivity contribution is 7.21. The molecule has 0 aliphatic carbocycles. The topological polar surface area (TPSA) is 241 Å². The summed E-state index contributed by atoms with van der Waals surface area (Å²) in [4.78, 5) is 62.3. The summed E-state index contributed by atoms with van der Waals surface area (Å²) in [5.74, 6) is 0.743. The van der Waals surface area contributed by atoms with Gasteiger partial charge in [0.15, 0.2) is 5.13 Å². The van der Waals surface area contributed by atoms with Gasteiger partial charge >= 0.3 is 12.2 Å². The summed E-state index contributed by atoms with van der Waals surface area (Å²) < 4.78 is 21.3. The highest BCUT2D eigenvalue weighted by Crippen LogP contribution is 2.24. The van der Waals surface area contributed by atoms with Gasteiger partial charge in [-0.2, -0.15) is 0 Å². The van der Waals surface area contributed by atoms with E-state index >= 15 is 0 Å². The van der Waals surface area contributed by atoms with Gasteiger partial charge < -0.3 is 34.5 Å². The van der Waals surface area contributed by atoms with Gasteiger partial charge in [-0.25, -0.2) is 29.5 Å². The van der Waals surface area contributed by atoms with Gasteiger partial charge in [0.1, 0.15) is 52.3 Å². The first-order valence-electron chi connectivity index (χ1n) is 15.7. The van der Waals surface area contributed by atoms with Crippen LogP contribution in [-0.2, 0) is 9.47 Å². The van der Waals surface area contributed by atoms with Crippen molar-refractivity contribution in [3.05, 3.63) is 74.2 Å². The standard InChI is InChI=1S/C14H20N4O3S.C13H19N3O5.C5H3ClN2O2/c1-14(2,3)21-13(19)18(4)7-8-20-10-6-5-9-11(17-10)22-12(15)16-9;1-13(2,3)21-12(17)15(4)7-8-20-11-6-5-10(9-14-11)16(18)19;6-5-2-1-4(3-7-5)8(9)10/h5-6H,7-8H2,1-4H3,(H2,15,16);5-6,9H,7-8H2,1-4H3;1-3H. The van der Waals surface area contributed by atoms with Gasteiger partial charge in [-0.05, 0) is 53.7 Å². The number of hydrogen-bond donors (Lipinski definition) is 1. The summed E-state index contributed by atoms with van der Waals surface area (Å²) in [6, 6.07) is 8.93. The molecule has 21 heteroatoms. The number of aromatic nitrogens is 4. The average molecular weight is 780 g/mol. The Morgan fingerprint density at radius 1 is 0.774 bits per heavy atom. The molecule has 4 aromatic rings. The lowest BCUT2D eigenvalue weighted by Gasteiger charge is -2.24. The molecule has 4 aromatic heterocycles. The highest BCUT2D eigenvalue weighted by atomic mass is 35.5. The van der Waals surface area contributed by atoms with Crippen molar-refractivity contribution in [2.45, 2.75) is 52.7 Å². The number of thiazole rings is 1. The van der Waals surface area contributed by atoms with Crippen molar-refractivity contribution >= 4 is 62.0 Å². The lowest BCUT2D eigenvalue weighted by molar-refractivity contribution is -0.385. The van der Waals surface area contributed by atoms with E-state index in [0.717, 1.165) is 22.7 Å². The number of carbonyl (C=O) groups excluding carboxylic acids is 2. The first-order valence-corrected chi connectivity index (χ1v) is 16.9. The van der Waals surface area contributed by atoms with Crippen LogP contribution in [0.15, 0.2) is 48.8 Å². The summed E-state index contributed by atoms with van der Waals surface area (Å²) in [5.41, 5.74) is 5.17. The minimum Gasteiger partial charge on any atom is -0.476 e. The van der Waals surface area contributed by atoms with E-state index in [1.54, 1.807) is 40.9 Å². The zero-order chi connectivity index (χ0) is 39.9. The van der Waals surface area contributed by atoms with Crippen LogP contribution in [0.25, 0.3) is 10.3 Å². The summed E-state index contributed by atoms with van der Waals surface area (Å²) in [7, 11) is 3.26. The van der Waals surface area contributed by atoms with Crippen molar-refractivity contribution in [3.63, 3.8) is 0 Å². The van der Waals surface area contributed by atoms with Crippen molar-refractivity contribution in [2.24, 2.45) is 0 Å². The summed E-state index contributed by atoms with van der Waals surface area (Å²) in [5, 5.41) is 21.2. The Kier molecular flexibility index (Phi) is 16.3. The fourth-order valence-corrected chi connectivity index (χ4v) is 4.18. The average Bonchev–Trinajstić information content (AvgIpc) is 3.43. The molecule has 2 N–H and O–H groups in total. The zero-order valence-corrected chi connectivity index (χ0v) is 32.0. The van der Waals surface area contributed by atoms with Crippen molar-refractivity contribution in [3.8, 4) is 11.8 Å². The molecule has 0 aromatic carbocycles. The van der Waals surface area contributed by atoms with Crippen LogP contribution in [0.3, 0.4) is 0 Å². The molecular weight excluding hydrogens is 738 g/mol. The molecule has 0 aliphatic heterocycles. The molecule has 4 heterocycles. The van der Waals surface area contributed by atoms with E-state index in [9.17, 15) is 29.8 Å². The third kappa shape index (κ3) is 17.0. The zero-order valence-electron chi connectivity index (χ0n) is 30.5. The number of hydrogen-bond acceptors (Lipinski definition) is 16. The van der Waals surface area contributed by atoms with E-state index in [0.29, 0.717) is 30.7 Å². The summed E-state index contributed by atoms with van der Waals surface area (Å²) in [6.45, 7) is 12.1. The van der Waals surface area contributed by atoms with Crippen LogP contribution < -0.4 is 15.2 Å². The molecule has 288 valence electrons. The number of nitrogen functional groups attached to an aromatic ring is 1. The van der Waals surface area contributed by atoms with Crippen LogP contribution in [0, 0.1) is 20.2 Å². The quantitative estimate of drug-likeness (QED) is 0.104. The maximum Gasteiger partial charge on any atom is 0.410 e. The number of amides is 2. The number of ether oxygens (including phenoxy) is 4. The van der Waals surface area contributed by atoms with Gasteiger partial charge in [0, 0.05) is 38.4 Å². The van der Waals surface area contributed by atoms with Gasteiger partial charge in [-0.15, -0.1) is 0 Å². The highest BCUT2D eigenvalue weighted by Gasteiger charge is 2.20. The van der Waals surface area contributed by atoms with Crippen molar-refractivity contribution in [1.29, 1.82) is 0 Å². The minimum atomic E-state index is -0.549. The Labute approximate surface area is 314 Å². The van der Waals surface area contributed by atoms with Crippen LogP contribution in [0.4, 0.5) is 26.1 Å². The number of nitrogens with zero attached hydrogens (tertiary/aromatic N) is 8. The van der Waals surface area contributed by atoms with Crippen LogP contribution in [-0.4, -0.2) is 103 Å². The molecule has 4 rings (SSSR count). The molecule has 0 saturated heterocycles. The number of nitro groups is 2. The summed E-state index contributed by atoms with van der Waals surface area (Å²) >= 11 is 6.69. The van der Waals surface area contributed by atoms with Gasteiger partial charge in [-0.3, -0.25) is 20.2 Å². The largest absolute Gasteiger partial charge is 0.476 e. The number of nitrogens with two attached hydrogens (primary N) is 1. The maximum absolute atomic E-state index is 11.8. The smallest absolute Gasteiger partial charge is 0.410 e. The number of carbonyl (C=O) groups is 2. The second kappa shape index (κ2) is 19.8. The van der Waals surface area contributed by atoms with Gasteiger partial charge in [0.05, 0.1) is 22.9 Å². The van der Waals surface area contributed by atoms with Gasteiger partial charge in [0.2, 0.25) is 11.8 Å². The molecule has 0 radical (unpaired) electrons. The third-order valence-electron chi connectivity index (χ3n) is 5.86. The van der Waals surface area contributed by atoms with Crippen molar-refractivity contribution < 1.29 is 38.4 Å². The molecule has 0 bridgehead atoms. The Hall–Kier alpha value is -5.63. The molecular formula is C32H42ClN9O10S. The van der Waals surface area contributed by atoms with Gasteiger partial charge in [-0.1, -0.05) is 22.9 Å². The molecule has 19 nitrogen and oxygen atoms in total. The molecule has 0 aliphatic rings. The monoisotopic (exact) mass is 779 g/mol. The third-order valence-corrected chi connectivity index (χ3v) is 6.88. The minimum absolute atomic E-state index is 0.0515. The van der Waals surface area contributed by atoms with Crippen LogP contribution in [0.1, 0.15) is 41.5 Å². The molecule has 2 amide bonds. The fourth-order valence-electron chi connectivity index (χ4n) is 3.38. The molecule has 0 saturated carbocycles. The molecule has 53 heavy (non-hydrogen) atoms. The maximum atomic E-state index is 11.8. The van der Waals surface area contributed by atoms with Crippen molar-refractivity contribution in [1.82, 2.24) is 29.7 Å². The van der Waals surface area contributed by atoms with Gasteiger partial charge in [0.25, 0.3) is 11.4 Å². The van der Waals surface area contributed by atoms with E-state index in [4.69, 9.17) is 36.3 Å². The Balaban J connectivity index is 0.000000294. The summed E-state index contributed by atoms with van der Waals surface area (Å²) in [6.07, 6.45) is 1.41. The van der Waals surface area contributed by atoms with E-state index in [-0.39, 0.29) is 35.1 Å². The van der Waals surface area contributed by atoms with Crippen LogP contribution in [0.2, 0.25) is 5.15 Å². The predicted octanol–water partition coefficient (Wildman–Crippen LogP) is 6.40. The Morgan fingerprint density at radius 2 is 1.25 bits per heavy atom. The van der Waals surface area contributed by atoms with Crippen LogP contribution >= 0.6 is 22.9 Å².